The van der Waals surface area contributed by atoms with Crippen LogP contribution in [0.4, 0.5) is 0 Å². The monoisotopic (exact) mass is 348 g/mol. The molecule has 0 saturated heterocycles. The Morgan fingerprint density at radius 2 is 1.33 bits per heavy atom. The summed E-state index contributed by atoms with van der Waals surface area (Å²) in [5.41, 5.74) is 8.57. The Labute approximate surface area is 163 Å². The van der Waals surface area contributed by atoms with Gasteiger partial charge in [0.1, 0.15) is 0 Å². The van der Waals surface area contributed by atoms with E-state index >= 15 is 0 Å². The zero-order valence-corrected chi connectivity index (χ0v) is 16.2. The van der Waals surface area contributed by atoms with Gasteiger partial charge in [-0.1, -0.05) is 117 Å². The van der Waals surface area contributed by atoms with Gasteiger partial charge in [0.25, 0.3) is 0 Å². The summed E-state index contributed by atoms with van der Waals surface area (Å²) in [6.07, 6.45) is 5.64. The standard InChI is InChI=1S/C26H25B/c1-5-10-20(6-2)22-13-15-23(16-14-22)25-17-24(18-26(19-25)27(3)4)21-11-8-7-9-12-21/h5-19H,1-2H2,3-4H3/b20-10+. The van der Waals surface area contributed by atoms with Crippen LogP contribution in [-0.2, 0) is 0 Å². The van der Waals surface area contributed by atoms with Crippen molar-refractivity contribution in [3.05, 3.63) is 110 Å². The summed E-state index contributed by atoms with van der Waals surface area (Å²) in [5.74, 6) is 0. The van der Waals surface area contributed by atoms with Crippen LogP contribution in [0.3, 0.4) is 0 Å². The largest absolute Gasteiger partial charge is 0.169 e. The van der Waals surface area contributed by atoms with Crippen LogP contribution in [0.5, 0.6) is 0 Å². The molecule has 0 aliphatic rings. The van der Waals surface area contributed by atoms with Gasteiger partial charge >= 0.3 is 0 Å². The zero-order chi connectivity index (χ0) is 19.2. The van der Waals surface area contributed by atoms with E-state index in [9.17, 15) is 0 Å². The zero-order valence-electron chi connectivity index (χ0n) is 16.2. The molecule has 0 saturated carbocycles. The fourth-order valence-corrected chi connectivity index (χ4v) is 3.21. The van der Waals surface area contributed by atoms with E-state index in [1.54, 1.807) is 6.08 Å². The molecular weight excluding hydrogens is 323 g/mol. The van der Waals surface area contributed by atoms with Crippen LogP contribution in [0.15, 0.2) is 104 Å². The van der Waals surface area contributed by atoms with Gasteiger partial charge in [-0.05, 0) is 39.5 Å². The molecule has 0 N–H and O–H groups in total. The highest BCUT2D eigenvalue weighted by molar-refractivity contribution is 6.70. The highest BCUT2D eigenvalue weighted by atomic mass is 14.1. The molecule has 0 fully saturated rings. The van der Waals surface area contributed by atoms with Gasteiger partial charge in [0.05, 0.1) is 0 Å². The summed E-state index contributed by atoms with van der Waals surface area (Å²) in [6.45, 7) is 12.6. The first kappa shape index (κ1) is 18.7. The van der Waals surface area contributed by atoms with Crippen molar-refractivity contribution in [3.63, 3.8) is 0 Å². The Kier molecular flexibility index (Phi) is 5.93. The van der Waals surface area contributed by atoms with Crippen molar-refractivity contribution in [1.82, 2.24) is 0 Å². The van der Waals surface area contributed by atoms with Crippen LogP contribution in [0, 0.1) is 0 Å². The molecule has 0 aromatic heterocycles. The van der Waals surface area contributed by atoms with Crippen LogP contribution < -0.4 is 5.46 Å². The molecule has 0 bridgehead atoms. The van der Waals surface area contributed by atoms with E-state index in [1.807, 2.05) is 12.2 Å². The topological polar surface area (TPSA) is 0 Å². The second kappa shape index (κ2) is 8.55. The minimum Gasteiger partial charge on any atom is -0.0990 e. The summed E-state index contributed by atoms with van der Waals surface area (Å²) in [4.78, 5) is 0. The molecule has 3 rings (SSSR count). The Morgan fingerprint density at radius 3 is 1.85 bits per heavy atom. The average molecular weight is 348 g/mol. The Bertz CT molecular complexity index is 961. The van der Waals surface area contributed by atoms with Gasteiger partial charge in [0.2, 0.25) is 0 Å². The Balaban J connectivity index is 2.06. The van der Waals surface area contributed by atoms with E-state index in [0.29, 0.717) is 6.71 Å². The first-order valence-corrected chi connectivity index (χ1v) is 9.38. The van der Waals surface area contributed by atoms with Crippen molar-refractivity contribution in [1.29, 1.82) is 0 Å². The van der Waals surface area contributed by atoms with Gasteiger partial charge in [0.15, 0.2) is 6.71 Å². The molecule has 132 valence electrons. The lowest BCUT2D eigenvalue weighted by Crippen LogP contribution is -2.22. The van der Waals surface area contributed by atoms with E-state index in [-0.39, 0.29) is 0 Å². The minimum atomic E-state index is 0.481. The molecule has 0 radical (unpaired) electrons. The second-order valence-corrected chi connectivity index (χ2v) is 7.00. The first-order valence-electron chi connectivity index (χ1n) is 9.38. The highest BCUT2D eigenvalue weighted by Crippen LogP contribution is 2.27. The van der Waals surface area contributed by atoms with E-state index in [2.05, 4.69) is 99.6 Å². The third-order valence-electron chi connectivity index (χ3n) is 4.80. The number of allylic oxidation sites excluding steroid dienone is 4. The van der Waals surface area contributed by atoms with E-state index in [4.69, 9.17) is 0 Å². The predicted octanol–water partition coefficient (Wildman–Crippen LogP) is 6.74. The molecule has 3 aromatic rings. The predicted molar refractivity (Wildman–Crippen MR) is 123 cm³/mol. The maximum atomic E-state index is 3.90. The van der Waals surface area contributed by atoms with Gasteiger partial charge < -0.3 is 0 Å². The number of hydrogen-bond acceptors (Lipinski definition) is 0. The lowest BCUT2D eigenvalue weighted by Gasteiger charge is -2.12. The molecule has 27 heavy (non-hydrogen) atoms. The molecule has 0 spiro atoms. The van der Waals surface area contributed by atoms with Crippen LogP contribution in [0.1, 0.15) is 5.56 Å². The molecule has 0 heterocycles. The van der Waals surface area contributed by atoms with Crippen LogP contribution in [0.2, 0.25) is 13.6 Å². The van der Waals surface area contributed by atoms with Crippen molar-refractivity contribution in [2.24, 2.45) is 0 Å². The third kappa shape index (κ3) is 4.38. The van der Waals surface area contributed by atoms with Crippen LogP contribution in [0.25, 0.3) is 27.8 Å². The molecule has 0 amide bonds. The fourth-order valence-electron chi connectivity index (χ4n) is 3.21. The summed E-state index contributed by atoms with van der Waals surface area (Å²) >= 11 is 0. The van der Waals surface area contributed by atoms with Crippen molar-refractivity contribution in [2.45, 2.75) is 13.6 Å². The van der Waals surface area contributed by atoms with E-state index < -0.39 is 0 Å². The summed E-state index contributed by atoms with van der Waals surface area (Å²) in [7, 11) is 0. The SMILES string of the molecule is C=C/C=C(\C=C)c1ccc(-c2cc(B(C)C)cc(-c3ccccc3)c2)cc1. The molecular formula is C26H25B. The Hall–Kier alpha value is -3.06. The van der Waals surface area contributed by atoms with Gasteiger partial charge in [-0.15, -0.1) is 0 Å². The van der Waals surface area contributed by atoms with Crippen LogP contribution in [-0.4, -0.2) is 6.71 Å². The van der Waals surface area contributed by atoms with Crippen molar-refractivity contribution >= 4 is 17.7 Å². The summed E-state index contributed by atoms with van der Waals surface area (Å²) in [6, 6.07) is 26.1. The van der Waals surface area contributed by atoms with Gasteiger partial charge in [0, 0.05) is 0 Å². The maximum absolute atomic E-state index is 3.90. The second-order valence-electron chi connectivity index (χ2n) is 7.00. The van der Waals surface area contributed by atoms with Crippen LogP contribution >= 0.6 is 0 Å². The molecule has 1 heteroatoms. The number of rotatable bonds is 6. The highest BCUT2D eigenvalue weighted by Gasteiger charge is 2.10. The van der Waals surface area contributed by atoms with Crippen molar-refractivity contribution in [2.75, 3.05) is 0 Å². The molecule has 0 aliphatic heterocycles. The molecule has 0 unspecified atom stereocenters. The normalized spacial score (nSPS) is 11.1. The quantitative estimate of drug-likeness (QED) is 0.342. The van der Waals surface area contributed by atoms with Crippen molar-refractivity contribution < 1.29 is 0 Å². The van der Waals surface area contributed by atoms with Gasteiger partial charge in [-0.25, -0.2) is 0 Å². The van der Waals surface area contributed by atoms with Gasteiger partial charge in [-0.2, -0.15) is 0 Å². The van der Waals surface area contributed by atoms with Crippen molar-refractivity contribution in [3.8, 4) is 22.3 Å². The lowest BCUT2D eigenvalue weighted by molar-refractivity contribution is 1.57. The molecule has 3 aromatic carbocycles. The maximum Gasteiger partial charge on any atom is 0.169 e. The van der Waals surface area contributed by atoms with E-state index in [1.165, 1.54) is 27.7 Å². The lowest BCUT2D eigenvalue weighted by atomic mass is 9.49. The summed E-state index contributed by atoms with van der Waals surface area (Å²) < 4.78 is 0. The molecule has 0 atom stereocenters. The molecule has 0 aliphatic carbocycles. The number of hydrogen-bond donors (Lipinski definition) is 0. The number of benzene rings is 3. The smallest absolute Gasteiger partial charge is 0.0990 e. The average Bonchev–Trinajstić information content (AvgIpc) is 2.72. The third-order valence-corrected chi connectivity index (χ3v) is 4.80. The fraction of sp³-hybridized carbons (Fsp3) is 0.0769. The Morgan fingerprint density at radius 1 is 0.741 bits per heavy atom. The first-order chi connectivity index (χ1) is 13.1. The summed E-state index contributed by atoms with van der Waals surface area (Å²) in [5, 5.41) is 0. The van der Waals surface area contributed by atoms with Gasteiger partial charge in [-0.3, -0.25) is 0 Å². The molecule has 0 nitrogen and oxygen atoms in total. The minimum absolute atomic E-state index is 0.481. The van der Waals surface area contributed by atoms with E-state index in [0.717, 1.165) is 11.1 Å².